The monoisotopic (exact) mass is 498 g/mol. The summed E-state index contributed by atoms with van der Waals surface area (Å²) in [6, 6.07) is 14.2. The molecule has 1 atom stereocenters. The van der Waals surface area contributed by atoms with Gasteiger partial charge in [0.25, 0.3) is 0 Å². The van der Waals surface area contributed by atoms with Crippen molar-refractivity contribution in [3.63, 3.8) is 0 Å². The van der Waals surface area contributed by atoms with Gasteiger partial charge in [-0.15, -0.1) is 0 Å². The number of carbonyl (C=O) groups is 1. The van der Waals surface area contributed by atoms with Gasteiger partial charge >= 0.3 is 6.03 Å². The van der Waals surface area contributed by atoms with E-state index in [1.54, 1.807) is 12.0 Å². The maximum Gasteiger partial charge on any atom is 0.321 e. The minimum atomic E-state index is -3.59. The lowest BCUT2D eigenvalue weighted by Gasteiger charge is -2.49. The van der Waals surface area contributed by atoms with E-state index in [0.29, 0.717) is 31.7 Å². The molecule has 0 radical (unpaired) electrons. The van der Waals surface area contributed by atoms with Gasteiger partial charge in [-0.25, -0.2) is 13.2 Å². The minimum absolute atomic E-state index is 0.168. The molecular weight excluding hydrogens is 468 g/mol. The van der Waals surface area contributed by atoms with Gasteiger partial charge < -0.3 is 25.0 Å². The molecule has 35 heavy (non-hydrogen) atoms. The molecule has 1 spiro atoms. The maximum atomic E-state index is 12.9. The van der Waals surface area contributed by atoms with Crippen molar-refractivity contribution in [2.45, 2.75) is 24.3 Å². The van der Waals surface area contributed by atoms with Crippen LogP contribution in [0.2, 0.25) is 0 Å². The van der Waals surface area contributed by atoms with E-state index in [1.165, 1.54) is 10.6 Å². The normalized spacial score (nSPS) is 20.1. The van der Waals surface area contributed by atoms with E-state index in [4.69, 9.17) is 4.74 Å². The van der Waals surface area contributed by atoms with Gasteiger partial charge in [0.05, 0.1) is 26.0 Å². The molecular formula is C25H30N4O5S. The van der Waals surface area contributed by atoms with Gasteiger partial charge in [0.2, 0.25) is 10.0 Å². The lowest BCUT2D eigenvalue weighted by atomic mass is 9.69. The number of amides is 2. The van der Waals surface area contributed by atoms with E-state index in [2.05, 4.69) is 10.3 Å². The Morgan fingerprint density at radius 2 is 1.91 bits per heavy atom. The zero-order chi connectivity index (χ0) is 24.8. The average Bonchev–Trinajstić information content (AvgIpc) is 3.24. The molecule has 1 fully saturated rings. The van der Waals surface area contributed by atoms with E-state index >= 15 is 0 Å². The first-order valence-electron chi connectivity index (χ1n) is 11.6. The molecule has 0 aliphatic carbocycles. The number of urea groups is 1. The quantitative estimate of drug-likeness (QED) is 0.512. The number of carbonyl (C=O) groups excluding carboxylic acids is 1. The highest BCUT2D eigenvalue weighted by Crippen LogP contribution is 2.49. The number of nitrogens with one attached hydrogen (secondary N) is 2. The fourth-order valence-corrected chi connectivity index (χ4v) is 6.69. The largest absolute Gasteiger partial charge is 0.497 e. The summed E-state index contributed by atoms with van der Waals surface area (Å²) >= 11 is 0. The highest BCUT2D eigenvalue weighted by Gasteiger charge is 2.50. The van der Waals surface area contributed by atoms with Crippen molar-refractivity contribution in [3.8, 4) is 5.75 Å². The topological polar surface area (TPSA) is 115 Å². The van der Waals surface area contributed by atoms with Crippen molar-refractivity contribution in [1.82, 2.24) is 14.2 Å². The Morgan fingerprint density at radius 1 is 1.20 bits per heavy atom. The average molecular weight is 499 g/mol. The summed E-state index contributed by atoms with van der Waals surface area (Å²) < 4.78 is 32.4. The smallest absolute Gasteiger partial charge is 0.321 e. The number of hydrogen-bond acceptors (Lipinski definition) is 5. The number of hydrogen-bond donors (Lipinski definition) is 3. The summed E-state index contributed by atoms with van der Waals surface area (Å²) in [6.45, 7) is 0.910. The number of fused-ring (bicyclic) bond motifs is 4. The number of rotatable bonds is 4. The lowest BCUT2D eigenvalue weighted by Crippen LogP contribution is -2.56. The number of likely N-dealkylation sites (tertiary alicyclic amines) is 1. The van der Waals surface area contributed by atoms with E-state index in [9.17, 15) is 18.3 Å². The highest BCUT2D eigenvalue weighted by atomic mass is 32.2. The molecule has 5 rings (SSSR count). The number of anilines is 1. The number of para-hydroxylation sites is 1. The lowest BCUT2D eigenvalue weighted by molar-refractivity contribution is 0.107. The maximum absolute atomic E-state index is 12.9. The molecule has 0 saturated carbocycles. The number of piperidine rings is 1. The van der Waals surface area contributed by atoms with Crippen molar-refractivity contribution in [2.75, 3.05) is 44.9 Å². The number of aliphatic hydroxyl groups excluding tert-OH is 1. The van der Waals surface area contributed by atoms with Crippen LogP contribution in [-0.4, -0.2) is 73.4 Å². The van der Waals surface area contributed by atoms with E-state index in [1.807, 2.05) is 48.5 Å². The van der Waals surface area contributed by atoms with Gasteiger partial charge in [-0.3, -0.25) is 0 Å². The molecule has 0 unspecified atom stereocenters. The third kappa shape index (κ3) is 4.15. The molecule has 10 heteroatoms. The molecule has 2 aromatic carbocycles. The van der Waals surface area contributed by atoms with Gasteiger partial charge in [-0.05, 0) is 42.7 Å². The molecule has 1 aromatic heterocycles. The summed E-state index contributed by atoms with van der Waals surface area (Å²) in [7, 11) is -1.99. The molecule has 3 aromatic rings. The molecule has 2 aliphatic heterocycles. The van der Waals surface area contributed by atoms with Crippen LogP contribution in [0.1, 0.15) is 30.1 Å². The number of aromatic nitrogens is 1. The van der Waals surface area contributed by atoms with Crippen LogP contribution in [0.5, 0.6) is 5.75 Å². The second kappa shape index (κ2) is 8.85. The summed E-state index contributed by atoms with van der Waals surface area (Å²) in [5.74, 6) is 0.693. The van der Waals surface area contributed by atoms with E-state index in [0.717, 1.165) is 27.8 Å². The first kappa shape index (κ1) is 23.7. The fourth-order valence-electron chi connectivity index (χ4n) is 5.58. The summed E-state index contributed by atoms with van der Waals surface area (Å²) in [6.07, 6.45) is 2.39. The van der Waals surface area contributed by atoms with E-state index in [-0.39, 0.29) is 19.2 Å². The molecule has 3 N–H and O–H groups in total. The van der Waals surface area contributed by atoms with Crippen LogP contribution in [0.15, 0.2) is 48.5 Å². The van der Waals surface area contributed by atoms with Crippen LogP contribution in [0.25, 0.3) is 10.9 Å². The molecule has 2 aliphatic rings. The van der Waals surface area contributed by atoms with Gasteiger partial charge in [-0.1, -0.05) is 18.2 Å². The first-order chi connectivity index (χ1) is 16.8. The predicted octanol–water partition coefficient (Wildman–Crippen LogP) is 3.05. The van der Waals surface area contributed by atoms with Crippen LogP contribution in [0.3, 0.4) is 0 Å². The second-order valence-electron chi connectivity index (χ2n) is 9.40. The Hall–Kier alpha value is -3.08. The van der Waals surface area contributed by atoms with Crippen molar-refractivity contribution < 1.29 is 23.1 Å². The van der Waals surface area contributed by atoms with E-state index < -0.39 is 21.5 Å². The third-order valence-electron chi connectivity index (χ3n) is 7.34. The van der Waals surface area contributed by atoms with Crippen molar-refractivity contribution in [3.05, 3.63) is 59.8 Å². The number of aliphatic hydroxyl groups is 1. The van der Waals surface area contributed by atoms with Gasteiger partial charge in [0.15, 0.2) is 0 Å². The third-order valence-corrected chi connectivity index (χ3v) is 8.57. The Morgan fingerprint density at radius 3 is 2.54 bits per heavy atom. The zero-order valence-electron chi connectivity index (χ0n) is 19.8. The number of aromatic amines is 1. The zero-order valence-corrected chi connectivity index (χ0v) is 20.6. The number of benzene rings is 2. The standard InChI is InChI=1S/C25H30N4O5S/c1-34-18-8-9-19-20(14-18)27-23-21(15-30)29(35(2,32)33)16-25(22(19)23)10-12-28(13-11-25)24(31)26-17-6-4-3-5-7-17/h3-9,14,21,27,30H,10-13,15-16H2,1-2H3,(H,26,31)/t21-/m1/s1. The van der Waals surface area contributed by atoms with Crippen LogP contribution in [0.4, 0.5) is 10.5 Å². The van der Waals surface area contributed by atoms with Crippen LogP contribution < -0.4 is 10.1 Å². The number of H-pyrrole nitrogens is 1. The minimum Gasteiger partial charge on any atom is -0.497 e. The molecule has 2 amide bonds. The molecule has 1 saturated heterocycles. The highest BCUT2D eigenvalue weighted by molar-refractivity contribution is 7.88. The number of sulfonamides is 1. The Labute approximate surface area is 204 Å². The van der Waals surface area contributed by atoms with Crippen molar-refractivity contribution in [2.24, 2.45) is 0 Å². The summed E-state index contributed by atoms with van der Waals surface area (Å²) in [4.78, 5) is 18.1. The number of nitrogens with zero attached hydrogens (tertiary/aromatic N) is 2. The summed E-state index contributed by atoms with van der Waals surface area (Å²) in [5, 5.41) is 14.2. The van der Waals surface area contributed by atoms with Gasteiger partial charge in [0.1, 0.15) is 5.75 Å². The SMILES string of the molecule is COc1ccc2c3c([nH]c2c1)[C@@H](CO)N(S(C)(=O)=O)CC31CCN(C(=O)Nc2ccccc2)CC1. The van der Waals surface area contributed by atoms with Gasteiger partial charge in [-0.2, -0.15) is 4.31 Å². The molecule has 186 valence electrons. The number of methoxy groups -OCH3 is 1. The first-order valence-corrected chi connectivity index (χ1v) is 13.5. The van der Waals surface area contributed by atoms with Crippen LogP contribution >= 0.6 is 0 Å². The Bertz CT molecular complexity index is 1350. The van der Waals surface area contributed by atoms with Crippen LogP contribution in [-0.2, 0) is 15.4 Å². The molecule has 9 nitrogen and oxygen atoms in total. The molecule has 3 heterocycles. The predicted molar refractivity (Wildman–Crippen MR) is 134 cm³/mol. The van der Waals surface area contributed by atoms with Gasteiger partial charge in [0, 0.05) is 53.4 Å². The van der Waals surface area contributed by atoms with Crippen molar-refractivity contribution >= 4 is 32.6 Å². The molecule has 0 bridgehead atoms. The van der Waals surface area contributed by atoms with Crippen LogP contribution in [0, 0.1) is 0 Å². The fraction of sp³-hybridized carbons (Fsp3) is 0.400. The second-order valence-corrected chi connectivity index (χ2v) is 11.3. The number of ether oxygens (including phenoxy) is 1. The van der Waals surface area contributed by atoms with Crippen molar-refractivity contribution in [1.29, 1.82) is 0 Å². The Balaban J connectivity index is 1.52. The Kier molecular flexibility index (Phi) is 5.98. The summed E-state index contributed by atoms with van der Waals surface area (Å²) in [5.41, 5.74) is 2.84.